The van der Waals surface area contributed by atoms with E-state index in [-0.39, 0.29) is 6.61 Å². The van der Waals surface area contributed by atoms with Gasteiger partial charge in [0.05, 0.1) is 19.3 Å². The Balaban J connectivity index is 1.90. The molecule has 36 heavy (non-hydrogen) atoms. The monoisotopic (exact) mass is 526 g/mol. The van der Waals surface area contributed by atoms with Crippen LogP contribution in [0.1, 0.15) is 6.92 Å². The van der Waals surface area contributed by atoms with E-state index in [0.717, 1.165) is 0 Å². The summed E-state index contributed by atoms with van der Waals surface area (Å²) >= 11 is 0. The van der Waals surface area contributed by atoms with Gasteiger partial charge in [-0.3, -0.25) is 0 Å². The largest absolute Gasteiger partial charge is 0.394 e. The molecule has 0 aromatic heterocycles. The maximum absolute atomic E-state index is 10.9. The van der Waals surface area contributed by atoms with Crippen LogP contribution in [0.2, 0.25) is 0 Å². The highest BCUT2D eigenvalue weighted by Gasteiger charge is 2.54. The van der Waals surface area contributed by atoms with E-state index in [1.807, 2.05) is 0 Å². The van der Waals surface area contributed by atoms with E-state index in [1.165, 1.54) is 6.92 Å². The van der Waals surface area contributed by atoms with Crippen molar-refractivity contribution in [2.75, 3.05) is 19.8 Å². The summed E-state index contributed by atoms with van der Waals surface area (Å²) in [7, 11) is 0. The summed E-state index contributed by atoms with van der Waals surface area (Å²) in [6, 6.07) is 0. The molecule has 0 radical (unpaired) electrons. The lowest BCUT2D eigenvalue weighted by Crippen LogP contribution is -2.67. The first-order valence-electron chi connectivity index (χ1n) is 11.4. The molecule has 3 aliphatic heterocycles. The molecule has 0 aromatic carbocycles. The molecule has 9 N–H and O–H groups in total. The number of terminal acetylenes is 1. The van der Waals surface area contributed by atoms with Crippen molar-refractivity contribution in [2.24, 2.45) is 0 Å². The topological polar surface area (TPSA) is 237 Å². The maximum Gasteiger partial charge on any atom is 0.188 e. The average Bonchev–Trinajstić information content (AvgIpc) is 2.87. The molecular formula is C21H34O15. The van der Waals surface area contributed by atoms with Crippen molar-refractivity contribution in [3.8, 4) is 12.3 Å². The molecule has 0 spiro atoms. The van der Waals surface area contributed by atoms with Crippen molar-refractivity contribution >= 4 is 0 Å². The smallest absolute Gasteiger partial charge is 0.188 e. The van der Waals surface area contributed by atoms with Crippen molar-refractivity contribution in [3.05, 3.63) is 0 Å². The molecule has 0 amide bonds. The molecule has 15 atom stereocenters. The molecule has 0 bridgehead atoms. The predicted molar refractivity (Wildman–Crippen MR) is 112 cm³/mol. The Kier molecular flexibility index (Phi) is 10.4. The fourth-order valence-electron chi connectivity index (χ4n) is 4.22. The molecule has 3 heterocycles. The molecule has 0 saturated carbocycles. The molecule has 0 aromatic rings. The van der Waals surface area contributed by atoms with Gasteiger partial charge in [0.1, 0.15) is 73.8 Å². The summed E-state index contributed by atoms with van der Waals surface area (Å²) in [6.45, 7) is -0.368. The maximum atomic E-state index is 10.9. The van der Waals surface area contributed by atoms with E-state index in [9.17, 15) is 46.0 Å². The molecule has 6 unspecified atom stereocenters. The van der Waals surface area contributed by atoms with Crippen LogP contribution in [0.3, 0.4) is 0 Å². The van der Waals surface area contributed by atoms with Crippen molar-refractivity contribution in [1.29, 1.82) is 0 Å². The van der Waals surface area contributed by atoms with E-state index in [2.05, 4.69) is 5.92 Å². The van der Waals surface area contributed by atoms with Crippen molar-refractivity contribution in [1.82, 2.24) is 0 Å². The van der Waals surface area contributed by atoms with Crippen LogP contribution in [0.25, 0.3) is 0 Å². The Morgan fingerprint density at radius 1 is 0.639 bits per heavy atom. The van der Waals surface area contributed by atoms with Gasteiger partial charge in [-0.25, -0.2) is 0 Å². The summed E-state index contributed by atoms with van der Waals surface area (Å²) in [4.78, 5) is 0. The number of hydrogen-bond donors (Lipinski definition) is 9. The number of aliphatic hydroxyl groups excluding tert-OH is 9. The van der Waals surface area contributed by atoms with Gasteiger partial charge in [0.25, 0.3) is 0 Å². The van der Waals surface area contributed by atoms with Gasteiger partial charge >= 0.3 is 0 Å². The highest BCUT2D eigenvalue weighted by Crippen LogP contribution is 2.33. The summed E-state index contributed by atoms with van der Waals surface area (Å²) in [5.74, 6) is 2.21. The highest BCUT2D eigenvalue weighted by molar-refractivity contribution is 4.97. The Morgan fingerprint density at radius 2 is 1.14 bits per heavy atom. The zero-order chi connectivity index (χ0) is 26.7. The Hall–Kier alpha value is -1.04. The zero-order valence-corrected chi connectivity index (χ0v) is 19.3. The first-order valence-corrected chi connectivity index (χ1v) is 11.4. The fourth-order valence-corrected chi connectivity index (χ4v) is 4.22. The quantitative estimate of drug-likeness (QED) is 0.134. The first kappa shape index (κ1) is 29.5. The van der Waals surface area contributed by atoms with Crippen LogP contribution >= 0.6 is 0 Å². The molecular weight excluding hydrogens is 492 g/mol. The van der Waals surface area contributed by atoms with Gasteiger partial charge in [0.15, 0.2) is 18.9 Å². The third-order valence-electron chi connectivity index (χ3n) is 6.37. The van der Waals surface area contributed by atoms with Crippen LogP contribution in [0.4, 0.5) is 0 Å². The Bertz CT molecular complexity index is 733. The van der Waals surface area contributed by atoms with Crippen LogP contribution in [0.15, 0.2) is 0 Å². The van der Waals surface area contributed by atoms with E-state index >= 15 is 0 Å². The van der Waals surface area contributed by atoms with Gasteiger partial charge in [0.2, 0.25) is 0 Å². The zero-order valence-electron chi connectivity index (χ0n) is 19.3. The molecule has 0 aliphatic carbocycles. The lowest BCUT2D eigenvalue weighted by atomic mass is 9.96. The Morgan fingerprint density at radius 3 is 1.72 bits per heavy atom. The molecule has 15 nitrogen and oxygen atoms in total. The van der Waals surface area contributed by atoms with Crippen LogP contribution in [-0.2, 0) is 28.4 Å². The normalized spacial score (nSPS) is 50.0. The first-order chi connectivity index (χ1) is 17.0. The minimum absolute atomic E-state index is 0.322. The fraction of sp³-hybridized carbons (Fsp3) is 0.905. The Labute approximate surface area is 206 Å². The SMILES string of the molecule is C#CCO[C@@H]1OC(CO)[C@H](O)[C@H](O[C@H]2OC(CO)[C@H](O)[C@H](O)C2O)C1O[C@@H]1OC(C)[C@@H](O)[C@H](O)C1O. The average molecular weight is 526 g/mol. The van der Waals surface area contributed by atoms with E-state index in [0.29, 0.717) is 0 Å². The van der Waals surface area contributed by atoms with Gasteiger partial charge in [-0.05, 0) is 6.92 Å². The second-order valence-electron chi connectivity index (χ2n) is 8.81. The van der Waals surface area contributed by atoms with Crippen molar-refractivity contribution in [2.45, 2.75) is 99.0 Å². The predicted octanol–water partition coefficient (Wildman–Crippen LogP) is -5.89. The van der Waals surface area contributed by atoms with Crippen LogP contribution in [0, 0.1) is 12.3 Å². The summed E-state index contributed by atoms with van der Waals surface area (Å²) < 4.78 is 33.2. The third-order valence-corrected chi connectivity index (χ3v) is 6.37. The molecule has 3 aliphatic rings. The minimum Gasteiger partial charge on any atom is -0.394 e. The van der Waals surface area contributed by atoms with E-state index < -0.39 is 105 Å². The lowest BCUT2D eigenvalue weighted by molar-refractivity contribution is -0.389. The van der Waals surface area contributed by atoms with E-state index in [1.54, 1.807) is 0 Å². The van der Waals surface area contributed by atoms with E-state index in [4.69, 9.17) is 34.8 Å². The third kappa shape index (κ3) is 5.99. The van der Waals surface area contributed by atoms with Crippen LogP contribution in [0.5, 0.6) is 0 Å². The van der Waals surface area contributed by atoms with Gasteiger partial charge in [-0.15, -0.1) is 6.42 Å². The number of hydrogen-bond acceptors (Lipinski definition) is 15. The van der Waals surface area contributed by atoms with Crippen molar-refractivity contribution < 1.29 is 74.4 Å². The summed E-state index contributed by atoms with van der Waals surface area (Å²) in [5, 5.41) is 91.0. The molecule has 3 fully saturated rings. The van der Waals surface area contributed by atoms with Gasteiger partial charge in [-0.1, -0.05) is 5.92 Å². The molecule has 3 saturated heterocycles. The van der Waals surface area contributed by atoms with Gasteiger partial charge in [0, 0.05) is 0 Å². The second kappa shape index (κ2) is 12.7. The standard InChI is InChI=1S/C21H34O15/c1-3-4-31-21-18(36-19-15(29)13(27)10(24)7(2)32-19)17(12(26)9(6-23)34-21)35-20-16(30)14(28)11(25)8(5-22)33-20/h1,7-30H,4-6H2,2H3/t7?,8?,9?,10-,11+,12+,13+,14+,15?,16?,17+,18?,19+,20-,21-/m1/s1. The van der Waals surface area contributed by atoms with Gasteiger partial charge in [-0.2, -0.15) is 0 Å². The van der Waals surface area contributed by atoms with Crippen LogP contribution < -0.4 is 0 Å². The van der Waals surface area contributed by atoms with Gasteiger partial charge < -0.3 is 74.4 Å². The van der Waals surface area contributed by atoms with Crippen LogP contribution in [-0.4, -0.2) is 158 Å². The van der Waals surface area contributed by atoms with Crippen molar-refractivity contribution in [3.63, 3.8) is 0 Å². The number of rotatable bonds is 8. The molecule has 3 rings (SSSR count). The second-order valence-corrected chi connectivity index (χ2v) is 8.81. The number of ether oxygens (including phenoxy) is 6. The summed E-state index contributed by atoms with van der Waals surface area (Å²) in [5.41, 5.74) is 0. The molecule has 15 heteroatoms. The lowest BCUT2D eigenvalue weighted by Gasteiger charge is -2.48. The molecule has 208 valence electrons. The number of aliphatic hydroxyl groups is 9. The minimum atomic E-state index is -1.84. The highest BCUT2D eigenvalue weighted by atomic mass is 16.8. The summed E-state index contributed by atoms with van der Waals surface area (Å²) in [6.07, 6.45) is -18.1.